The molecule has 0 aliphatic heterocycles. The summed E-state index contributed by atoms with van der Waals surface area (Å²) < 4.78 is 11.0. The second kappa shape index (κ2) is 6.36. The van der Waals surface area contributed by atoms with Crippen molar-refractivity contribution in [1.29, 1.82) is 5.26 Å². The Balaban J connectivity index is 2.09. The predicted molar refractivity (Wildman–Crippen MR) is 69.0 cm³/mol. The van der Waals surface area contributed by atoms with Gasteiger partial charge in [0.25, 0.3) is 5.88 Å². The first kappa shape index (κ1) is 12.8. The van der Waals surface area contributed by atoms with E-state index in [0.29, 0.717) is 12.4 Å². The van der Waals surface area contributed by atoms with Crippen LogP contribution in [0.1, 0.15) is 19.0 Å². The summed E-state index contributed by atoms with van der Waals surface area (Å²) in [6, 6.07) is 9.09. The Morgan fingerprint density at radius 1 is 1.11 bits per heavy atom. The number of hydrogen-bond acceptors (Lipinski definition) is 5. The quantitative estimate of drug-likeness (QED) is 0.821. The SMILES string of the molecule is CCCOc1ccc(Oc2nccnc2C#N)cc1. The zero-order valence-corrected chi connectivity index (χ0v) is 10.5. The van der Waals surface area contributed by atoms with Crippen LogP contribution in [0, 0.1) is 11.3 Å². The van der Waals surface area contributed by atoms with E-state index in [2.05, 4.69) is 16.9 Å². The van der Waals surface area contributed by atoms with E-state index in [1.165, 1.54) is 12.4 Å². The number of nitriles is 1. The fourth-order valence-electron chi connectivity index (χ4n) is 1.41. The largest absolute Gasteiger partial charge is 0.494 e. The molecule has 0 amide bonds. The molecule has 2 rings (SSSR count). The molecule has 1 aromatic heterocycles. The van der Waals surface area contributed by atoms with Crippen LogP contribution in [0.4, 0.5) is 0 Å². The van der Waals surface area contributed by atoms with E-state index in [-0.39, 0.29) is 11.6 Å². The van der Waals surface area contributed by atoms with Crippen LogP contribution in [0.5, 0.6) is 17.4 Å². The van der Waals surface area contributed by atoms with Crippen LogP contribution in [0.2, 0.25) is 0 Å². The number of rotatable bonds is 5. The Hall–Kier alpha value is -2.61. The van der Waals surface area contributed by atoms with Crippen LogP contribution >= 0.6 is 0 Å². The minimum absolute atomic E-state index is 0.161. The molecule has 5 nitrogen and oxygen atoms in total. The molecule has 5 heteroatoms. The van der Waals surface area contributed by atoms with Gasteiger partial charge in [-0.15, -0.1) is 0 Å². The molecule has 0 aliphatic rings. The molecule has 1 heterocycles. The summed E-state index contributed by atoms with van der Waals surface area (Å²) in [6.07, 6.45) is 3.89. The highest BCUT2D eigenvalue weighted by Crippen LogP contribution is 2.23. The highest BCUT2D eigenvalue weighted by atomic mass is 16.5. The fourth-order valence-corrected chi connectivity index (χ4v) is 1.41. The van der Waals surface area contributed by atoms with E-state index in [9.17, 15) is 0 Å². The molecular weight excluding hydrogens is 242 g/mol. The number of aromatic nitrogens is 2. The third-order valence-electron chi connectivity index (χ3n) is 2.28. The molecule has 0 saturated carbocycles. The Kier molecular flexibility index (Phi) is 4.29. The molecule has 1 aromatic carbocycles. The van der Waals surface area contributed by atoms with Crippen molar-refractivity contribution in [2.75, 3.05) is 6.61 Å². The molecule has 2 aromatic rings. The topological polar surface area (TPSA) is 68.0 Å². The lowest BCUT2D eigenvalue weighted by molar-refractivity contribution is 0.317. The van der Waals surface area contributed by atoms with Gasteiger partial charge in [-0.2, -0.15) is 5.26 Å². The van der Waals surface area contributed by atoms with Crippen molar-refractivity contribution in [3.63, 3.8) is 0 Å². The number of ether oxygens (including phenoxy) is 2. The summed E-state index contributed by atoms with van der Waals surface area (Å²) >= 11 is 0. The lowest BCUT2D eigenvalue weighted by Crippen LogP contribution is -1.96. The van der Waals surface area contributed by atoms with Crippen molar-refractivity contribution in [3.05, 3.63) is 42.4 Å². The summed E-state index contributed by atoms with van der Waals surface area (Å²) in [7, 11) is 0. The van der Waals surface area contributed by atoms with Gasteiger partial charge in [0.2, 0.25) is 5.69 Å². The van der Waals surface area contributed by atoms with Gasteiger partial charge in [-0.1, -0.05) is 6.92 Å². The van der Waals surface area contributed by atoms with Crippen LogP contribution < -0.4 is 9.47 Å². The van der Waals surface area contributed by atoms with Gasteiger partial charge in [0.05, 0.1) is 6.61 Å². The first-order valence-electron chi connectivity index (χ1n) is 5.95. The van der Waals surface area contributed by atoms with Gasteiger partial charge < -0.3 is 9.47 Å². The van der Waals surface area contributed by atoms with Gasteiger partial charge in [-0.25, -0.2) is 9.97 Å². The van der Waals surface area contributed by atoms with E-state index in [1.807, 2.05) is 18.2 Å². The maximum atomic E-state index is 8.89. The molecule has 0 N–H and O–H groups in total. The molecule has 0 saturated heterocycles. The Labute approximate surface area is 111 Å². The van der Waals surface area contributed by atoms with Crippen molar-refractivity contribution < 1.29 is 9.47 Å². The summed E-state index contributed by atoms with van der Waals surface area (Å²) in [6.45, 7) is 2.73. The monoisotopic (exact) mass is 255 g/mol. The van der Waals surface area contributed by atoms with Crippen LogP contribution in [0.3, 0.4) is 0 Å². The second-order valence-electron chi connectivity index (χ2n) is 3.74. The fraction of sp³-hybridized carbons (Fsp3) is 0.214. The number of nitrogens with zero attached hydrogens (tertiary/aromatic N) is 3. The summed E-state index contributed by atoms with van der Waals surface area (Å²) in [4.78, 5) is 7.86. The lowest BCUT2D eigenvalue weighted by Gasteiger charge is -2.07. The van der Waals surface area contributed by atoms with Gasteiger partial charge >= 0.3 is 0 Å². The van der Waals surface area contributed by atoms with E-state index in [4.69, 9.17) is 14.7 Å². The van der Waals surface area contributed by atoms with E-state index in [1.54, 1.807) is 12.1 Å². The Morgan fingerprint density at radius 2 is 1.79 bits per heavy atom. The van der Waals surface area contributed by atoms with Crippen molar-refractivity contribution in [2.45, 2.75) is 13.3 Å². The van der Waals surface area contributed by atoms with Crippen molar-refractivity contribution in [2.24, 2.45) is 0 Å². The molecular formula is C14H13N3O2. The van der Waals surface area contributed by atoms with E-state index < -0.39 is 0 Å². The van der Waals surface area contributed by atoms with Gasteiger partial charge in [-0.05, 0) is 30.7 Å². The minimum atomic E-state index is 0.161. The molecule has 0 spiro atoms. The Morgan fingerprint density at radius 3 is 2.47 bits per heavy atom. The van der Waals surface area contributed by atoms with Gasteiger partial charge in [-0.3, -0.25) is 0 Å². The van der Waals surface area contributed by atoms with Crippen molar-refractivity contribution >= 4 is 0 Å². The number of hydrogen-bond donors (Lipinski definition) is 0. The van der Waals surface area contributed by atoms with E-state index in [0.717, 1.165) is 12.2 Å². The van der Waals surface area contributed by atoms with Crippen molar-refractivity contribution in [3.8, 4) is 23.4 Å². The molecule has 0 bridgehead atoms. The maximum absolute atomic E-state index is 8.89. The van der Waals surface area contributed by atoms with Gasteiger partial charge in [0, 0.05) is 12.4 Å². The highest BCUT2D eigenvalue weighted by molar-refractivity contribution is 5.37. The molecule has 0 fully saturated rings. The zero-order valence-electron chi connectivity index (χ0n) is 10.5. The Bertz CT molecular complexity index is 576. The summed E-state index contributed by atoms with van der Waals surface area (Å²) in [5.41, 5.74) is 0.161. The normalized spacial score (nSPS) is 9.68. The third-order valence-corrected chi connectivity index (χ3v) is 2.28. The summed E-state index contributed by atoms with van der Waals surface area (Å²) in [5.74, 6) is 1.57. The molecule has 19 heavy (non-hydrogen) atoms. The number of benzene rings is 1. The predicted octanol–water partition coefficient (Wildman–Crippen LogP) is 2.93. The van der Waals surface area contributed by atoms with Crippen LogP contribution in [-0.2, 0) is 0 Å². The first-order chi connectivity index (χ1) is 9.33. The standard InChI is InChI=1S/C14H13N3O2/c1-2-9-18-11-3-5-12(6-4-11)19-14-13(10-15)16-7-8-17-14/h3-8H,2,9H2,1H3. The van der Waals surface area contributed by atoms with E-state index >= 15 is 0 Å². The molecule has 0 radical (unpaired) electrons. The van der Waals surface area contributed by atoms with Gasteiger partial charge in [0.1, 0.15) is 17.6 Å². The smallest absolute Gasteiger partial charge is 0.256 e. The molecule has 0 atom stereocenters. The van der Waals surface area contributed by atoms with Crippen LogP contribution in [-0.4, -0.2) is 16.6 Å². The van der Waals surface area contributed by atoms with Crippen molar-refractivity contribution in [1.82, 2.24) is 9.97 Å². The average molecular weight is 255 g/mol. The lowest BCUT2D eigenvalue weighted by atomic mass is 10.3. The molecule has 0 unspecified atom stereocenters. The average Bonchev–Trinajstić information content (AvgIpc) is 2.47. The summed E-state index contributed by atoms with van der Waals surface area (Å²) in [5, 5.41) is 8.89. The molecule has 0 aliphatic carbocycles. The minimum Gasteiger partial charge on any atom is -0.494 e. The van der Waals surface area contributed by atoms with Crippen LogP contribution in [0.25, 0.3) is 0 Å². The first-order valence-corrected chi connectivity index (χ1v) is 5.95. The van der Waals surface area contributed by atoms with Crippen LogP contribution in [0.15, 0.2) is 36.7 Å². The maximum Gasteiger partial charge on any atom is 0.256 e. The second-order valence-corrected chi connectivity index (χ2v) is 3.74. The zero-order chi connectivity index (χ0) is 13.5. The highest BCUT2D eigenvalue weighted by Gasteiger charge is 2.06. The molecule has 96 valence electrons. The van der Waals surface area contributed by atoms with Gasteiger partial charge in [0.15, 0.2) is 0 Å². The third kappa shape index (κ3) is 3.42.